The van der Waals surface area contributed by atoms with Crippen LogP contribution in [0.2, 0.25) is 0 Å². The first-order chi connectivity index (χ1) is 11.4. The van der Waals surface area contributed by atoms with E-state index in [1.807, 2.05) is 0 Å². The fourth-order valence-corrected chi connectivity index (χ4v) is 3.67. The fraction of sp³-hybridized carbons (Fsp3) is 0.765. The van der Waals surface area contributed by atoms with Crippen molar-refractivity contribution in [1.29, 1.82) is 0 Å². The second-order valence-electron chi connectivity index (χ2n) is 7.14. The number of nitrogens with zero attached hydrogens (tertiary/aromatic N) is 2. The van der Waals surface area contributed by atoms with Gasteiger partial charge < -0.3 is 24.0 Å². The van der Waals surface area contributed by atoms with Gasteiger partial charge in [-0.3, -0.25) is 4.79 Å². The van der Waals surface area contributed by atoms with Crippen molar-refractivity contribution >= 4 is 5.91 Å². The molecule has 1 aromatic heterocycles. The molecule has 2 aliphatic rings. The Kier molecular flexibility index (Phi) is 4.68. The van der Waals surface area contributed by atoms with Gasteiger partial charge in [-0.1, -0.05) is 24.9 Å². The predicted molar refractivity (Wildman–Crippen MR) is 85.6 cm³/mol. The van der Waals surface area contributed by atoms with E-state index >= 15 is 0 Å². The van der Waals surface area contributed by atoms with Crippen molar-refractivity contribution in [3.63, 3.8) is 0 Å². The second-order valence-corrected chi connectivity index (χ2v) is 7.14. The van der Waals surface area contributed by atoms with Crippen molar-refractivity contribution in [2.24, 2.45) is 0 Å². The van der Waals surface area contributed by atoms with Crippen molar-refractivity contribution in [2.75, 3.05) is 26.8 Å². The smallest absolute Gasteiger partial charge is 0.276 e. The van der Waals surface area contributed by atoms with Crippen LogP contribution in [0.15, 0.2) is 4.52 Å². The monoisotopic (exact) mass is 338 g/mol. The lowest BCUT2D eigenvalue weighted by molar-refractivity contribution is -0.0958. The summed E-state index contributed by atoms with van der Waals surface area (Å²) < 4.78 is 16.1. The molecule has 2 aliphatic heterocycles. The van der Waals surface area contributed by atoms with E-state index < -0.39 is 11.2 Å². The zero-order valence-corrected chi connectivity index (χ0v) is 14.6. The molecule has 2 saturated heterocycles. The Morgan fingerprint density at radius 1 is 1.46 bits per heavy atom. The van der Waals surface area contributed by atoms with Crippen LogP contribution < -0.4 is 0 Å². The molecule has 0 radical (unpaired) electrons. The average molecular weight is 338 g/mol. The summed E-state index contributed by atoms with van der Waals surface area (Å²) in [5.74, 6) is 0.429. The third-order valence-electron chi connectivity index (χ3n) is 5.02. The SMILES string of the molecule is CCCCC1(O)COC2(CN(C(=O)c3noc(C)c3COC)C2)C1. The van der Waals surface area contributed by atoms with Crippen LogP contribution >= 0.6 is 0 Å². The number of carbonyl (C=O) groups excluding carboxylic acids is 1. The molecule has 0 aliphatic carbocycles. The molecule has 3 rings (SSSR count). The minimum Gasteiger partial charge on any atom is -0.387 e. The van der Waals surface area contributed by atoms with Gasteiger partial charge in [-0.25, -0.2) is 0 Å². The first-order valence-corrected chi connectivity index (χ1v) is 8.52. The highest BCUT2D eigenvalue weighted by Gasteiger charge is 2.56. The van der Waals surface area contributed by atoms with E-state index in [1.165, 1.54) is 0 Å². The molecule has 1 atom stereocenters. The van der Waals surface area contributed by atoms with E-state index in [4.69, 9.17) is 14.0 Å². The lowest BCUT2D eigenvalue weighted by Gasteiger charge is -2.47. The number of ether oxygens (including phenoxy) is 2. The predicted octanol–water partition coefficient (Wildman–Crippen LogP) is 1.67. The third-order valence-corrected chi connectivity index (χ3v) is 5.02. The number of hydrogen-bond acceptors (Lipinski definition) is 6. The van der Waals surface area contributed by atoms with Crippen LogP contribution in [0.3, 0.4) is 0 Å². The lowest BCUT2D eigenvalue weighted by atomic mass is 9.82. The number of hydrogen-bond donors (Lipinski definition) is 1. The Labute approximate surface area is 141 Å². The Bertz CT molecular complexity index is 608. The molecule has 7 nitrogen and oxygen atoms in total. The van der Waals surface area contributed by atoms with E-state index in [0.717, 1.165) is 19.3 Å². The molecule has 24 heavy (non-hydrogen) atoms. The molecular formula is C17H26N2O5. The van der Waals surface area contributed by atoms with Crippen LogP contribution in [0, 0.1) is 6.92 Å². The second kappa shape index (κ2) is 6.46. The normalized spacial score (nSPS) is 25.2. The number of carbonyl (C=O) groups is 1. The molecule has 134 valence electrons. The molecule has 3 heterocycles. The topological polar surface area (TPSA) is 85.0 Å². The van der Waals surface area contributed by atoms with Gasteiger partial charge in [0.2, 0.25) is 0 Å². The van der Waals surface area contributed by atoms with Gasteiger partial charge in [0.05, 0.1) is 37.5 Å². The number of aliphatic hydroxyl groups is 1. The molecule has 1 amide bonds. The van der Waals surface area contributed by atoms with Gasteiger partial charge in [-0.15, -0.1) is 0 Å². The zero-order valence-electron chi connectivity index (χ0n) is 14.6. The summed E-state index contributed by atoms with van der Waals surface area (Å²) in [5.41, 5.74) is -0.159. The Morgan fingerprint density at radius 3 is 2.88 bits per heavy atom. The summed E-state index contributed by atoms with van der Waals surface area (Å²) in [6, 6.07) is 0. The number of methoxy groups -OCH3 is 1. The maximum Gasteiger partial charge on any atom is 0.276 e. The van der Waals surface area contributed by atoms with Crippen LogP contribution in [0.4, 0.5) is 0 Å². The highest BCUT2D eigenvalue weighted by atomic mass is 16.5. The van der Waals surface area contributed by atoms with Gasteiger partial charge in [-0.2, -0.15) is 0 Å². The maximum atomic E-state index is 12.6. The van der Waals surface area contributed by atoms with Crippen molar-refractivity contribution in [3.8, 4) is 0 Å². The van der Waals surface area contributed by atoms with E-state index in [-0.39, 0.29) is 5.91 Å². The maximum absolute atomic E-state index is 12.6. The van der Waals surface area contributed by atoms with Gasteiger partial charge in [0.25, 0.3) is 5.91 Å². The lowest BCUT2D eigenvalue weighted by Crippen LogP contribution is -2.63. The molecule has 1 spiro atoms. The van der Waals surface area contributed by atoms with Gasteiger partial charge in [0, 0.05) is 13.5 Å². The minimum atomic E-state index is -0.753. The number of likely N-dealkylation sites (tertiary alicyclic amines) is 1. The molecule has 1 N–H and O–H groups in total. The third kappa shape index (κ3) is 3.08. The van der Waals surface area contributed by atoms with E-state index in [1.54, 1.807) is 18.9 Å². The van der Waals surface area contributed by atoms with Gasteiger partial charge >= 0.3 is 0 Å². The minimum absolute atomic E-state index is 0.169. The number of unbranched alkanes of at least 4 members (excludes halogenated alkanes) is 1. The number of rotatable bonds is 6. The van der Waals surface area contributed by atoms with Crippen LogP contribution in [0.25, 0.3) is 0 Å². The number of aromatic nitrogens is 1. The van der Waals surface area contributed by atoms with Crippen LogP contribution in [0.1, 0.15) is 54.4 Å². The Hall–Kier alpha value is -1.44. The van der Waals surface area contributed by atoms with Crippen molar-refractivity contribution < 1.29 is 23.9 Å². The van der Waals surface area contributed by atoms with Crippen LogP contribution in [-0.2, 0) is 16.1 Å². The summed E-state index contributed by atoms with van der Waals surface area (Å²) >= 11 is 0. The first-order valence-electron chi connectivity index (χ1n) is 8.52. The number of amides is 1. The Morgan fingerprint density at radius 2 is 2.21 bits per heavy atom. The first kappa shape index (κ1) is 17.4. The van der Waals surface area contributed by atoms with Crippen molar-refractivity contribution in [2.45, 2.75) is 57.3 Å². The van der Waals surface area contributed by atoms with Gasteiger partial charge in [-0.05, 0) is 13.3 Å². The van der Waals surface area contributed by atoms with Gasteiger partial charge in [0.1, 0.15) is 11.4 Å². The van der Waals surface area contributed by atoms with Crippen molar-refractivity contribution in [1.82, 2.24) is 10.1 Å². The van der Waals surface area contributed by atoms with Crippen LogP contribution in [-0.4, -0.2) is 59.1 Å². The zero-order chi connectivity index (χ0) is 17.4. The van der Waals surface area contributed by atoms with E-state index in [2.05, 4.69) is 12.1 Å². The van der Waals surface area contributed by atoms with Gasteiger partial charge in [0.15, 0.2) is 5.69 Å². The standard InChI is InChI=1S/C17H26N2O5/c1-4-5-6-16(21)8-17(23-11-16)9-19(10-17)15(20)14-13(7-22-3)12(2)24-18-14/h21H,4-11H2,1-3H3. The summed E-state index contributed by atoms with van der Waals surface area (Å²) in [4.78, 5) is 14.3. The molecule has 0 bridgehead atoms. The number of aryl methyl sites for hydroxylation is 1. The molecule has 0 saturated carbocycles. The highest BCUT2D eigenvalue weighted by molar-refractivity contribution is 5.94. The van der Waals surface area contributed by atoms with E-state index in [9.17, 15) is 9.90 Å². The molecule has 0 aromatic carbocycles. The summed E-state index contributed by atoms with van der Waals surface area (Å²) in [5, 5.41) is 14.5. The fourth-order valence-electron chi connectivity index (χ4n) is 3.67. The van der Waals surface area contributed by atoms with Crippen LogP contribution in [0.5, 0.6) is 0 Å². The summed E-state index contributed by atoms with van der Waals surface area (Å²) in [6.45, 7) is 5.49. The summed E-state index contributed by atoms with van der Waals surface area (Å²) in [6.07, 6.45) is 3.37. The van der Waals surface area contributed by atoms with E-state index in [0.29, 0.717) is 49.7 Å². The quantitative estimate of drug-likeness (QED) is 0.849. The molecule has 1 aromatic rings. The Balaban J connectivity index is 1.62. The molecular weight excluding hydrogens is 312 g/mol. The summed E-state index contributed by atoms with van der Waals surface area (Å²) in [7, 11) is 1.57. The average Bonchev–Trinajstić information content (AvgIpc) is 3.06. The van der Waals surface area contributed by atoms with Crippen molar-refractivity contribution in [3.05, 3.63) is 17.0 Å². The molecule has 1 unspecified atom stereocenters. The largest absolute Gasteiger partial charge is 0.387 e. The highest BCUT2D eigenvalue weighted by Crippen LogP contribution is 2.42. The molecule has 7 heteroatoms. The molecule has 2 fully saturated rings.